The number of anilines is 2. The molecule has 2 N–H and O–H groups in total. The first-order chi connectivity index (χ1) is 17.0. The molecule has 0 aliphatic carbocycles. The summed E-state index contributed by atoms with van der Waals surface area (Å²) in [6.45, 7) is 15.7. The quantitative estimate of drug-likeness (QED) is 0.328. The first-order valence-corrected chi connectivity index (χ1v) is 12.6. The molecule has 1 aliphatic heterocycles. The maximum absolute atomic E-state index is 13.4. The number of aromatic nitrogens is 5. The van der Waals surface area contributed by atoms with Crippen molar-refractivity contribution in [1.82, 2.24) is 29.6 Å². The van der Waals surface area contributed by atoms with E-state index in [1.54, 1.807) is 17.1 Å². The molecular weight excluding hydrogens is 521 g/mol. The van der Waals surface area contributed by atoms with Crippen LogP contribution in [0.25, 0.3) is 16.7 Å². The van der Waals surface area contributed by atoms with Crippen LogP contribution in [0.4, 0.5) is 11.6 Å². The molecule has 0 atom stereocenters. The van der Waals surface area contributed by atoms with Gasteiger partial charge in [0.2, 0.25) is 5.95 Å². The van der Waals surface area contributed by atoms with E-state index in [-0.39, 0.29) is 47.4 Å². The summed E-state index contributed by atoms with van der Waals surface area (Å²) >= 11 is 0. The van der Waals surface area contributed by atoms with Crippen molar-refractivity contribution in [3.63, 3.8) is 0 Å². The van der Waals surface area contributed by atoms with Crippen LogP contribution in [0.2, 0.25) is 0 Å². The van der Waals surface area contributed by atoms with E-state index in [9.17, 15) is 4.79 Å². The molecule has 0 radical (unpaired) electrons. The summed E-state index contributed by atoms with van der Waals surface area (Å²) < 4.78 is 3.63. The molecule has 4 heterocycles. The van der Waals surface area contributed by atoms with Crippen molar-refractivity contribution in [2.75, 3.05) is 11.9 Å². The molecule has 0 saturated heterocycles. The predicted octanol–water partition coefficient (Wildman–Crippen LogP) is 5.82. The Kier molecular flexibility index (Phi) is 8.32. The number of halogens is 2. The lowest BCUT2D eigenvalue weighted by Crippen LogP contribution is -2.42. The molecule has 3 aromatic heterocycles. The van der Waals surface area contributed by atoms with Crippen LogP contribution in [0, 0.1) is 0 Å². The molecule has 10 heteroatoms. The second-order valence-electron chi connectivity index (χ2n) is 11.4. The molecule has 5 rings (SSSR count). The van der Waals surface area contributed by atoms with Crippen LogP contribution in [-0.2, 0) is 17.4 Å². The zero-order valence-electron chi connectivity index (χ0n) is 23.0. The van der Waals surface area contributed by atoms with Crippen LogP contribution in [0.3, 0.4) is 0 Å². The lowest BCUT2D eigenvalue weighted by atomic mass is 9.85. The number of rotatable bonds is 4. The summed E-state index contributed by atoms with van der Waals surface area (Å²) in [6, 6.07) is 10.3. The molecule has 0 unspecified atom stereocenters. The van der Waals surface area contributed by atoms with E-state index < -0.39 is 0 Å². The van der Waals surface area contributed by atoms with Gasteiger partial charge < -0.3 is 10.6 Å². The van der Waals surface area contributed by atoms with E-state index in [2.05, 4.69) is 73.4 Å². The fourth-order valence-corrected chi connectivity index (χ4v) is 4.96. The van der Waals surface area contributed by atoms with Crippen molar-refractivity contribution < 1.29 is 0 Å². The molecule has 0 spiro atoms. The zero-order chi connectivity index (χ0) is 25.8. The monoisotopic (exact) mass is 557 g/mol. The number of nitrogens with one attached hydrogen (secondary N) is 2. The van der Waals surface area contributed by atoms with Gasteiger partial charge in [-0.3, -0.25) is 9.78 Å². The lowest BCUT2D eigenvalue weighted by molar-refractivity contribution is 0.382. The molecule has 38 heavy (non-hydrogen) atoms. The Morgan fingerprint density at radius 3 is 2.50 bits per heavy atom. The second kappa shape index (κ2) is 10.7. The lowest BCUT2D eigenvalue weighted by Gasteiger charge is -2.34. The molecule has 0 amide bonds. The van der Waals surface area contributed by atoms with Crippen molar-refractivity contribution in [2.24, 2.45) is 0 Å². The molecule has 1 aromatic carbocycles. The molecule has 204 valence electrons. The second-order valence-corrected chi connectivity index (χ2v) is 11.4. The highest BCUT2D eigenvalue weighted by molar-refractivity contribution is 5.85. The van der Waals surface area contributed by atoms with Gasteiger partial charge in [-0.15, -0.1) is 24.8 Å². The number of benzene rings is 1. The van der Waals surface area contributed by atoms with E-state index in [1.807, 2.05) is 30.7 Å². The largest absolute Gasteiger partial charge is 0.324 e. The Hall–Kier alpha value is -2.94. The van der Waals surface area contributed by atoms with Crippen LogP contribution >= 0.6 is 24.8 Å². The van der Waals surface area contributed by atoms with E-state index in [4.69, 9.17) is 4.98 Å². The highest BCUT2D eigenvalue weighted by atomic mass is 35.5. The average molecular weight is 559 g/mol. The number of pyridine rings is 1. The minimum Gasteiger partial charge on any atom is -0.324 e. The van der Waals surface area contributed by atoms with Crippen LogP contribution in [0.1, 0.15) is 71.3 Å². The Morgan fingerprint density at radius 1 is 1.08 bits per heavy atom. The predicted molar refractivity (Wildman–Crippen MR) is 159 cm³/mol. The number of hydrogen-bond donors (Lipinski definition) is 2. The Bertz CT molecular complexity index is 1520. The molecule has 8 nitrogen and oxygen atoms in total. The normalized spacial score (nSPS) is 14.5. The highest BCUT2D eigenvalue weighted by Crippen LogP contribution is 2.31. The Balaban J connectivity index is 0.00000200. The van der Waals surface area contributed by atoms with Gasteiger partial charge in [0.15, 0.2) is 5.65 Å². The molecule has 1 aliphatic rings. The molecule has 0 bridgehead atoms. The van der Waals surface area contributed by atoms with Crippen molar-refractivity contribution in [3.8, 4) is 5.69 Å². The van der Waals surface area contributed by atoms with E-state index in [0.29, 0.717) is 17.0 Å². The number of fused-ring (bicyclic) bond motifs is 2. The molecular formula is C28H37Cl2N7O. The van der Waals surface area contributed by atoms with Crippen LogP contribution in [0.15, 0.2) is 47.5 Å². The maximum Gasteiger partial charge on any atom is 0.278 e. The van der Waals surface area contributed by atoms with Gasteiger partial charge in [0.25, 0.3) is 5.56 Å². The van der Waals surface area contributed by atoms with Crippen molar-refractivity contribution >= 4 is 47.5 Å². The average Bonchev–Trinajstić information content (AvgIpc) is 3.10. The third kappa shape index (κ3) is 5.30. The fourth-order valence-electron chi connectivity index (χ4n) is 4.96. The Labute approximate surface area is 236 Å². The topological polar surface area (TPSA) is 89.7 Å². The van der Waals surface area contributed by atoms with Gasteiger partial charge in [-0.2, -0.15) is 4.98 Å². The summed E-state index contributed by atoms with van der Waals surface area (Å²) in [5, 5.41) is 7.42. The molecule has 4 aromatic rings. The van der Waals surface area contributed by atoms with Gasteiger partial charge in [-0.05, 0) is 76.1 Å². The Morgan fingerprint density at radius 2 is 1.82 bits per heavy atom. The van der Waals surface area contributed by atoms with Gasteiger partial charge in [-0.25, -0.2) is 14.3 Å². The van der Waals surface area contributed by atoms with Gasteiger partial charge in [0, 0.05) is 40.8 Å². The minimum absolute atomic E-state index is 0. The first kappa shape index (κ1) is 29.6. The minimum atomic E-state index is -0.125. The summed E-state index contributed by atoms with van der Waals surface area (Å²) in [5.41, 5.74) is 5.65. The van der Waals surface area contributed by atoms with E-state index in [0.717, 1.165) is 30.0 Å². The van der Waals surface area contributed by atoms with Gasteiger partial charge >= 0.3 is 0 Å². The van der Waals surface area contributed by atoms with Gasteiger partial charge in [0.05, 0.1) is 5.69 Å². The fraction of sp³-hybridized carbons (Fsp3) is 0.429. The number of nitrogens with zero attached hydrogens (tertiary/aromatic N) is 5. The summed E-state index contributed by atoms with van der Waals surface area (Å²) in [6.07, 6.45) is 4.39. The first-order valence-electron chi connectivity index (χ1n) is 12.6. The van der Waals surface area contributed by atoms with E-state index >= 15 is 0 Å². The van der Waals surface area contributed by atoms with E-state index in [1.165, 1.54) is 11.1 Å². The third-order valence-corrected chi connectivity index (χ3v) is 6.86. The van der Waals surface area contributed by atoms with Crippen LogP contribution in [0.5, 0.6) is 0 Å². The number of hydrogen-bond acceptors (Lipinski definition) is 6. The van der Waals surface area contributed by atoms with Crippen molar-refractivity contribution in [2.45, 2.75) is 71.9 Å². The van der Waals surface area contributed by atoms with Crippen LogP contribution < -0.4 is 16.2 Å². The summed E-state index contributed by atoms with van der Waals surface area (Å²) in [7, 11) is 0. The highest BCUT2D eigenvalue weighted by Gasteiger charge is 2.27. The molecule has 0 saturated carbocycles. The SMILES string of the molecule is CC(C)n1c(=O)c2cnc(Nc3ccc4c(c3)CCNC4(C)C)nc2n1-c1ccnc(C(C)(C)C)c1.Cl.Cl. The summed E-state index contributed by atoms with van der Waals surface area (Å²) in [4.78, 5) is 27.2. The van der Waals surface area contributed by atoms with Crippen molar-refractivity contribution in [1.29, 1.82) is 0 Å². The summed E-state index contributed by atoms with van der Waals surface area (Å²) in [5.74, 6) is 0.454. The molecule has 0 fully saturated rings. The maximum atomic E-state index is 13.4. The van der Waals surface area contributed by atoms with Gasteiger partial charge in [0.1, 0.15) is 5.39 Å². The van der Waals surface area contributed by atoms with Crippen LogP contribution in [-0.4, -0.2) is 30.9 Å². The standard InChI is InChI=1S/C28H35N7O.2ClH/c1-17(2)34-25(36)21-16-30-26(32-19-8-9-22-18(14-19)10-13-31-28(22,6)7)33-24(21)35(34)20-11-12-29-23(15-20)27(3,4)5;;/h8-9,11-12,14-17,31H,10,13H2,1-7H3,(H,30,32,33);2*1H. The smallest absolute Gasteiger partial charge is 0.278 e. The third-order valence-electron chi connectivity index (χ3n) is 6.86. The van der Waals surface area contributed by atoms with Crippen molar-refractivity contribution in [3.05, 3.63) is 69.9 Å². The van der Waals surface area contributed by atoms with Gasteiger partial charge in [-0.1, -0.05) is 26.8 Å². The zero-order valence-corrected chi connectivity index (χ0v) is 24.6.